The second kappa shape index (κ2) is 10.8. The Labute approximate surface area is 235 Å². The number of rotatable bonds is 6. The van der Waals surface area contributed by atoms with E-state index in [2.05, 4.69) is 14.9 Å². The molecule has 0 aliphatic carbocycles. The summed E-state index contributed by atoms with van der Waals surface area (Å²) in [7, 11) is -5.40. The Morgan fingerprint density at radius 1 is 0.878 bits per heavy atom. The number of H-pyrrole nitrogens is 1. The van der Waals surface area contributed by atoms with Gasteiger partial charge in [-0.25, -0.2) is 8.42 Å². The van der Waals surface area contributed by atoms with Gasteiger partial charge in [-0.2, -0.15) is 22.6 Å². The first-order chi connectivity index (χ1) is 19.2. The normalized spacial score (nSPS) is 16.7. The van der Waals surface area contributed by atoms with Gasteiger partial charge in [0.05, 0.1) is 5.52 Å². The lowest BCUT2D eigenvalue weighted by Gasteiger charge is -2.31. The van der Waals surface area contributed by atoms with Crippen LogP contribution >= 0.6 is 11.6 Å². The summed E-state index contributed by atoms with van der Waals surface area (Å²) in [6, 6.07) is 18.1. The van der Waals surface area contributed by atoms with Crippen molar-refractivity contribution in [1.82, 2.24) is 14.5 Å². The molecule has 218 valence electrons. The van der Waals surface area contributed by atoms with Crippen LogP contribution in [0.15, 0.2) is 66.7 Å². The number of hydrogen-bond acceptors (Lipinski definition) is 4. The molecule has 1 saturated heterocycles. The fraction of sp³-hybridized carbons (Fsp3) is 0.296. The van der Waals surface area contributed by atoms with E-state index in [9.17, 15) is 34.8 Å². The van der Waals surface area contributed by atoms with Gasteiger partial charge in [0.2, 0.25) is 0 Å². The summed E-state index contributed by atoms with van der Waals surface area (Å²) in [6.45, 7) is -0.571. The summed E-state index contributed by atoms with van der Waals surface area (Å²) in [5.74, 6) is -1.04. The van der Waals surface area contributed by atoms with Gasteiger partial charge in [0, 0.05) is 41.0 Å². The van der Waals surface area contributed by atoms with Gasteiger partial charge in [0.1, 0.15) is 5.75 Å². The lowest BCUT2D eigenvalue weighted by molar-refractivity contribution is -0.274. The fourth-order valence-corrected chi connectivity index (χ4v) is 6.27. The zero-order valence-electron chi connectivity index (χ0n) is 21.0. The van der Waals surface area contributed by atoms with Gasteiger partial charge < -0.3 is 4.74 Å². The molecule has 1 aliphatic heterocycles. The summed E-state index contributed by atoms with van der Waals surface area (Å²) in [5.41, 5.74) is -1.80. The molecule has 1 aromatic heterocycles. The van der Waals surface area contributed by atoms with Crippen molar-refractivity contribution in [2.24, 2.45) is 0 Å². The molecule has 0 bridgehead atoms. The summed E-state index contributed by atoms with van der Waals surface area (Å²) in [5, 5.41) is 8.52. The maximum absolute atomic E-state index is 13.0. The first-order valence-electron chi connectivity index (χ1n) is 12.4. The van der Waals surface area contributed by atoms with E-state index in [1.807, 2.05) is 24.3 Å². The van der Waals surface area contributed by atoms with E-state index < -0.39 is 27.8 Å². The van der Waals surface area contributed by atoms with Crippen LogP contribution in [-0.2, 0) is 10.0 Å². The first kappa shape index (κ1) is 29.2. The number of halogens is 7. The molecule has 1 aliphatic rings. The van der Waals surface area contributed by atoms with Crippen LogP contribution in [0.3, 0.4) is 0 Å². The Balaban J connectivity index is 1.48. The smallest absolute Gasteiger partial charge is 0.406 e. The van der Waals surface area contributed by atoms with E-state index in [1.165, 1.54) is 24.3 Å². The number of alkyl halides is 6. The standard InChI is InChI=1S/C27H22ClF6N3O3S/c28-20-6-1-16(2-7-20)24(17-3-8-21(9-4-17)40-26(29,30)31)19-5-10-23-22(15-19)25(36-35-23)18-11-13-37(14-12-18)41(38,39)27(32,33)34/h1-10,15,18,24H,11-14H2,(H,35,36). The second-order valence-corrected chi connectivity index (χ2v) is 12.0. The number of hydrogen-bond donors (Lipinski definition) is 1. The molecule has 1 N–H and O–H groups in total. The SMILES string of the molecule is O=S(=O)(N1CCC(c2[nH]nc3ccc(C(c4ccc(Cl)cc4)c4ccc(OC(F)(F)F)cc4)cc23)CC1)C(F)(F)F. The number of nitrogens with one attached hydrogen (secondary N) is 1. The molecule has 1 unspecified atom stereocenters. The Morgan fingerprint density at radius 3 is 2.00 bits per heavy atom. The van der Waals surface area contributed by atoms with Gasteiger partial charge in [0.25, 0.3) is 0 Å². The number of sulfonamides is 1. The van der Waals surface area contributed by atoms with Crippen molar-refractivity contribution in [3.63, 3.8) is 0 Å². The van der Waals surface area contributed by atoms with Crippen LogP contribution in [0.5, 0.6) is 5.75 Å². The summed E-state index contributed by atoms with van der Waals surface area (Å²) in [6.07, 6.45) is -4.50. The minimum atomic E-state index is -5.40. The van der Waals surface area contributed by atoms with Gasteiger partial charge >= 0.3 is 21.9 Å². The maximum atomic E-state index is 13.0. The van der Waals surface area contributed by atoms with Crippen molar-refractivity contribution in [1.29, 1.82) is 0 Å². The maximum Gasteiger partial charge on any atom is 0.573 e. The van der Waals surface area contributed by atoms with Crippen LogP contribution in [0.2, 0.25) is 5.02 Å². The average Bonchev–Trinajstić information content (AvgIpc) is 3.33. The Bertz CT molecular complexity index is 1630. The number of piperidine rings is 1. The lowest BCUT2D eigenvalue weighted by Crippen LogP contribution is -2.44. The van der Waals surface area contributed by atoms with Crippen LogP contribution in [0.4, 0.5) is 26.3 Å². The number of aromatic nitrogens is 2. The van der Waals surface area contributed by atoms with E-state index in [-0.39, 0.29) is 37.6 Å². The fourth-order valence-electron chi connectivity index (χ4n) is 5.16. The molecule has 0 amide bonds. The molecule has 0 spiro atoms. The highest BCUT2D eigenvalue weighted by Gasteiger charge is 2.50. The molecule has 41 heavy (non-hydrogen) atoms. The number of nitrogens with zero attached hydrogens (tertiary/aromatic N) is 2. The minimum Gasteiger partial charge on any atom is -0.406 e. The molecule has 4 aromatic rings. The third kappa shape index (κ3) is 6.16. The lowest BCUT2D eigenvalue weighted by atomic mass is 9.84. The zero-order valence-corrected chi connectivity index (χ0v) is 22.6. The average molecular weight is 618 g/mol. The Hall–Kier alpha value is -3.29. The van der Waals surface area contributed by atoms with E-state index >= 15 is 0 Å². The molecular weight excluding hydrogens is 596 g/mol. The van der Waals surface area contributed by atoms with Crippen molar-refractivity contribution < 1.29 is 39.5 Å². The van der Waals surface area contributed by atoms with E-state index in [0.29, 0.717) is 26.1 Å². The van der Waals surface area contributed by atoms with E-state index in [4.69, 9.17) is 11.6 Å². The third-order valence-electron chi connectivity index (χ3n) is 7.09. The largest absolute Gasteiger partial charge is 0.573 e. The van der Waals surface area contributed by atoms with Crippen LogP contribution < -0.4 is 4.74 Å². The highest BCUT2D eigenvalue weighted by atomic mass is 35.5. The first-order valence-corrected chi connectivity index (χ1v) is 14.2. The predicted molar refractivity (Wildman–Crippen MR) is 140 cm³/mol. The molecule has 3 aromatic carbocycles. The number of ether oxygens (including phenoxy) is 1. The number of benzene rings is 3. The number of aromatic amines is 1. The number of fused-ring (bicyclic) bond motifs is 1. The molecule has 0 saturated carbocycles. The van der Waals surface area contributed by atoms with Crippen LogP contribution in [-0.4, -0.2) is 47.9 Å². The van der Waals surface area contributed by atoms with Crippen molar-refractivity contribution in [2.45, 2.75) is 36.5 Å². The van der Waals surface area contributed by atoms with Gasteiger partial charge in [-0.3, -0.25) is 5.10 Å². The highest BCUT2D eigenvalue weighted by Crippen LogP contribution is 2.39. The second-order valence-electron chi connectivity index (χ2n) is 9.64. The molecule has 1 fully saturated rings. The highest BCUT2D eigenvalue weighted by molar-refractivity contribution is 7.90. The van der Waals surface area contributed by atoms with Gasteiger partial charge in [-0.15, -0.1) is 13.2 Å². The predicted octanol–water partition coefficient (Wildman–Crippen LogP) is 7.32. The van der Waals surface area contributed by atoms with E-state index in [1.54, 1.807) is 18.2 Å². The van der Waals surface area contributed by atoms with Gasteiger partial charge in [-0.1, -0.05) is 41.9 Å². The molecule has 0 radical (unpaired) electrons. The van der Waals surface area contributed by atoms with Crippen molar-refractivity contribution in [2.75, 3.05) is 13.1 Å². The van der Waals surface area contributed by atoms with Gasteiger partial charge in [0.15, 0.2) is 0 Å². The Morgan fingerprint density at radius 2 is 1.44 bits per heavy atom. The monoisotopic (exact) mass is 617 g/mol. The minimum absolute atomic E-state index is 0.165. The zero-order chi connectivity index (χ0) is 29.6. The summed E-state index contributed by atoms with van der Waals surface area (Å²) < 4.78 is 105. The van der Waals surface area contributed by atoms with Gasteiger partial charge in [-0.05, 0) is 65.9 Å². The van der Waals surface area contributed by atoms with Crippen LogP contribution in [0, 0.1) is 0 Å². The molecule has 14 heteroatoms. The molecule has 1 atom stereocenters. The summed E-state index contributed by atoms with van der Waals surface area (Å²) >= 11 is 6.09. The van der Waals surface area contributed by atoms with Crippen molar-refractivity contribution in [3.8, 4) is 5.75 Å². The molecule has 2 heterocycles. The molecular formula is C27H22ClF6N3O3S. The third-order valence-corrected chi connectivity index (χ3v) is 8.97. The topological polar surface area (TPSA) is 75.3 Å². The van der Waals surface area contributed by atoms with Crippen molar-refractivity contribution >= 4 is 32.5 Å². The van der Waals surface area contributed by atoms with Crippen molar-refractivity contribution in [3.05, 3.63) is 94.1 Å². The molecule has 5 rings (SSSR count). The summed E-state index contributed by atoms with van der Waals surface area (Å²) in [4.78, 5) is 0. The van der Waals surface area contributed by atoms with E-state index in [0.717, 1.165) is 16.5 Å². The van der Waals surface area contributed by atoms with Crippen LogP contribution in [0.1, 0.15) is 47.1 Å². The quantitative estimate of drug-likeness (QED) is 0.182. The molecule has 6 nitrogen and oxygen atoms in total. The Kier molecular flexibility index (Phi) is 7.72. The van der Waals surface area contributed by atoms with Crippen LogP contribution in [0.25, 0.3) is 10.9 Å².